The van der Waals surface area contributed by atoms with Crippen LogP contribution in [0.3, 0.4) is 0 Å². The number of anilines is 1. The van der Waals surface area contributed by atoms with Crippen molar-refractivity contribution in [2.45, 2.75) is 31.2 Å². The van der Waals surface area contributed by atoms with Gasteiger partial charge in [0.05, 0.1) is 19.9 Å². The van der Waals surface area contributed by atoms with Crippen molar-refractivity contribution >= 4 is 23.6 Å². The Morgan fingerprint density at radius 2 is 1.96 bits per heavy atom. The van der Waals surface area contributed by atoms with Crippen LogP contribution in [-0.4, -0.2) is 27.2 Å². The van der Waals surface area contributed by atoms with E-state index in [4.69, 9.17) is 9.47 Å². The van der Waals surface area contributed by atoms with Crippen molar-refractivity contribution in [3.05, 3.63) is 52.8 Å². The number of ether oxygens (including phenoxy) is 2. The molecule has 0 aromatic heterocycles. The normalized spacial score (nSPS) is 10.8. The quantitative estimate of drug-likeness (QED) is 0.506. The van der Waals surface area contributed by atoms with Crippen molar-refractivity contribution in [3.8, 4) is 5.75 Å². The largest absolute Gasteiger partial charge is 0.495 e. The Kier molecular flexibility index (Phi) is 7.50. The Morgan fingerprint density at radius 1 is 1.22 bits per heavy atom. The van der Waals surface area contributed by atoms with Gasteiger partial charge in [-0.3, -0.25) is 0 Å². The third-order valence-corrected chi connectivity index (χ3v) is 5.00. The van der Waals surface area contributed by atoms with Crippen molar-refractivity contribution in [2.24, 2.45) is 0 Å². The molecule has 0 aliphatic rings. The Morgan fingerprint density at radius 3 is 2.56 bits per heavy atom. The monoisotopic (exact) mass is 392 g/mol. The highest BCUT2D eigenvalue weighted by molar-refractivity contribution is 8.00. The smallest absolute Gasteiger partial charge is 0.343 e. The number of methoxy groups -OCH3 is 2. The molecule has 146 valence electrons. The van der Waals surface area contributed by atoms with Gasteiger partial charge in [-0.25, -0.2) is 9.18 Å². The minimum absolute atomic E-state index is 0.185. The summed E-state index contributed by atoms with van der Waals surface area (Å²) < 4.78 is 27.2. The maximum atomic E-state index is 13.5. The number of benzene rings is 2. The zero-order valence-corrected chi connectivity index (χ0v) is 17.0. The molecular formula is C20H25FN2O3S. The highest BCUT2D eigenvalue weighted by Crippen LogP contribution is 2.37. The number of rotatable bonds is 8. The Hall–Kier alpha value is -2.25. The summed E-state index contributed by atoms with van der Waals surface area (Å²) in [7, 11) is 4.68. The molecule has 0 aliphatic heterocycles. The number of hydrogen-bond donors (Lipinski definition) is 2. The summed E-state index contributed by atoms with van der Waals surface area (Å²) in [6, 6.07) is 8.37. The number of carbonyl (C=O) groups is 1. The fourth-order valence-electron chi connectivity index (χ4n) is 2.75. The maximum absolute atomic E-state index is 13.5. The van der Waals surface area contributed by atoms with E-state index in [2.05, 4.69) is 10.0 Å². The number of carbonyl (C=O) groups excluding carboxylic acids is 1. The van der Waals surface area contributed by atoms with Gasteiger partial charge in [0.25, 0.3) is 0 Å². The van der Waals surface area contributed by atoms with Gasteiger partial charge in [0, 0.05) is 11.4 Å². The average Bonchev–Trinajstić information content (AvgIpc) is 2.66. The van der Waals surface area contributed by atoms with Crippen LogP contribution in [0.15, 0.2) is 35.2 Å². The molecular weight excluding hydrogens is 367 g/mol. The lowest BCUT2D eigenvalue weighted by molar-refractivity contribution is 0.0598. The molecule has 0 aliphatic carbocycles. The molecule has 0 bridgehead atoms. The second-order valence-corrected chi connectivity index (χ2v) is 7.09. The van der Waals surface area contributed by atoms with Gasteiger partial charge in [-0.05, 0) is 60.3 Å². The van der Waals surface area contributed by atoms with Crippen LogP contribution in [0.5, 0.6) is 5.75 Å². The second-order valence-electron chi connectivity index (χ2n) is 6.24. The zero-order chi connectivity index (χ0) is 20.0. The van der Waals surface area contributed by atoms with Gasteiger partial charge in [-0.2, -0.15) is 0 Å². The number of esters is 1. The average molecular weight is 392 g/mol. The number of nitrogens with one attached hydrogen (secondary N) is 2. The van der Waals surface area contributed by atoms with Gasteiger partial charge in [0.15, 0.2) is 0 Å². The molecule has 0 amide bonds. The van der Waals surface area contributed by atoms with Crippen molar-refractivity contribution in [2.75, 3.05) is 26.0 Å². The van der Waals surface area contributed by atoms with E-state index in [1.807, 2.05) is 26.0 Å². The molecule has 2 aromatic carbocycles. The lowest BCUT2D eigenvalue weighted by Crippen LogP contribution is -2.10. The van der Waals surface area contributed by atoms with Crippen molar-refractivity contribution < 1.29 is 18.7 Å². The van der Waals surface area contributed by atoms with Crippen LogP contribution in [0.25, 0.3) is 0 Å². The van der Waals surface area contributed by atoms with Crippen molar-refractivity contribution in [3.63, 3.8) is 0 Å². The van der Waals surface area contributed by atoms with E-state index in [1.165, 1.54) is 38.3 Å². The molecule has 2 N–H and O–H groups in total. The fourth-order valence-corrected chi connectivity index (χ4v) is 3.54. The van der Waals surface area contributed by atoms with E-state index in [0.717, 1.165) is 16.0 Å². The summed E-state index contributed by atoms with van der Waals surface area (Å²) in [5.41, 5.74) is 2.66. The van der Waals surface area contributed by atoms with Gasteiger partial charge in [-0.15, -0.1) is 0 Å². The Bertz CT molecular complexity index is 812. The molecule has 0 atom stereocenters. The molecule has 0 heterocycles. The van der Waals surface area contributed by atoms with Crippen LogP contribution in [0.4, 0.5) is 10.1 Å². The Balaban J connectivity index is 2.40. The van der Waals surface area contributed by atoms with E-state index >= 15 is 0 Å². The molecule has 0 fully saturated rings. The SMILES string of the molecule is CNCc1cc(F)ccc1SNc1ccc(C(C)C)c(OC)c1C(=O)OC. The third kappa shape index (κ3) is 4.93. The topological polar surface area (TPSA) is 59.6 Å². The van der Waals surface area contributed by atoms with Crippen LogP contribution in [0.2, 0.25) is 0 Å². The number of hydrogen-bond acceptors (Lipinski definition) is 6. The molecule has 0 unspecified atom stereocenters. The highest BCUT2D eigenvalue weighted by atomic mass is 32.2. The minimum atomic E-state index is -0.480. The highest BCUT2D eigenvalue weighted by Gasteiger charge is 2.23. The summed E-state index contributed by atoms with van der Waals surface area (Å²) in [4.78, 5) is 13.3. The van der Waals surface area contributed by atoms with E-state index in [-0.39, 0.29) is 11.7 Å². The van der Waals surface area contributed by atoms with E-state index in [1.54, 1.807) is 13.1 Å². The predicted molar refractivity (Wildman–Crippen MR) is 107 cm³/mol. The molecule has 0 saturated carbocycles. The summed E-state index contributed by atoms with van der Waals surface area (Å²) >= 11 is 1.30. The van der Waals surface area contributed by atoms with E-state index in [0.29, 0.717) is 23.5 Å². The minimum Gasteiger partial charge on any atom is -0.495 e. The lowest BCUT2D eigenvalue weighted by Gasteiger charge is -2.19. The second kappa shape index (κ2) is 9.62. The summed E-state index contributed by atoms with van der Waals surface area (Å²) in [6.45, 7) is 4.59. The first-order valence-corrected chi connectivity index (χ1v) is 9.39. The lowest BCUT2D eigenvalue weighted by atomic mass is 9.98. The maximum Gasteiger partial charge on any atom is 0.343 e. The van der Waals surface area contributed by atoms with Crippen LogP contribution in [0, 0.1) is 5.82 Å². The third-order valence-electron chi connectivity index (χ3n) is 4.06. The molecule has 2 rings (SSSR count). The molecule has 0 saturated heterocycles. The van der Waals surface area contributed by atoms with Crippen LogP contribution in [0.1, 0.15) is 41.3 Å². The standard InChI is InChI=1S/C20H25FN2O3S/c1-12(2)15-7-8-16(18(19(15)25-4)20(24)26-5)23-27-17-9-6-14(21)10-13(17)11-22-3/h6-10,12,22-23H,11H2,1-5H3. The van der Waals surface area contributed by atoms with Gasteiger partial charge in [0.1, 0.15) is 17.1 Å². The van der Waals surface area contributed by atoms with Crippen LogP contribution >= 0.6 is 11.9 Å². The van der Waals surface area contributed by atoms with Gasteiger partial charge in [-0.1, -0.05) is 19.9 Å². The molecule has 7 heteroatoms. The molecule has 0 spiro atoms. The van der Waals surface area contributed by atoms with Crippen molar-refractivity contribution in [1.82, 2.24) is 5.32 Å². The summed E-state index contributed by atoms with van der Waals surface area (Å²) in [5.74, 6) is -0.0868. The fraction of sp³-hybridized carbons (Fsp3) is 0.350. The number of halogens is 1. The van der Waals surface area contributed by atoms with Gasteiger partial charge in [0.2, 0.25) is 0 Å². The first-order chi connectivity index (χ1) is 12.9. The molecule has 2 aromatic rings. The van der Waals surface area contributed by atoms with Crippen LogP contribution in [-0.2, 0) is 11.3 Å². The molecule has 0 radical (unpaired) electrons. The first-order valence-electron chi connectivity index (χ1n) is 8.58. The molecule has 27 heavy (non-hydrogen) atoms. The zero-order valence-electron chi connectivity index (χ0n) is 16.2. The van der Waals surface area contributed by atoms with Crippen molar-refractivity contribution in [1.29, 1.82) is 0 Å². The van der Waals surface area contributed by atoms with Crippen LogP contribution < -0.4 is 14.8 Å². The predicted octanol–water partition coefficient (Wildman–Crippen LogP) is 4.58. The van der Waals surface area contributed by atoms with E-state index < -0.39 is 5.97 Å². The molecule has 5 nitrogen and oxygen atoms in total. The van der Waals surface area contributed by atoms with E-state index in [9.17, 15) is 9.18 Å². The Labute approximate surface area is 163 Å². The summed E-state index contributed by atoms with van der Waals surface area (Å²) in [6.07, 6.45) is 0. The summed E-state index contributed by atoms with van der Waals surface area (Å²) in [5, 5.41) is 3.02. The van der Waals surface area contributed by atoms with Gasteiger partial charge >= 0.3 is 5.97 Å². The van der Waals surface area contributed by atoms with Gasteiger partial charge < -0.3 is 19.5 Å². The first kappa shape index (κ1) is 21.1.